The number of aromatic nitrogens is 1. The molecule has 9 heteroatoms. The fraction of sp³-hybridized carbons (Fsp3) is 0.105. The van der Waals surface area contributed by atoms with E-state index in [0.717, 1.165) is 23.5 Å². The summed E-state index contributed by atoms with van der Waals surface area (Å²) in [6.45, 7) is 1.37. The van der Waals surface area contributed by atoms with Crippen LogP contribution in [0.2, 0.25) is 0 Å². The highest BCUT2D eigenvalue weighted by molar-refractivity contribution is 7.14. The third kappa shape index (κ3) is 4.32. The Labute approximate surface area is 162 Å². The molecule has 3 rings (SSSR count). The van der Waals surface area contributed by atoms with E-state index in [2.05, 4.69) is 10.3 Å². The SMILES string of the molecule is C[C@@H](OC(=O)c1ccccc1O)C(=O)Nc1nc(-c2ccc(F)c(F)c2)cs1. The van der Waals surface area contributed by atoms with E-state index in [0.29, 0.717) is 11.3 Å². The molecule has 0 aliphatic heterocycles. The van der Waals surface area contributed by atoms with Crippen molar-refractivity contribution in [3.8, 4) is 17.0 Å². The van der Waals surface area contributed by atoms with Gasteiger partial charge in [-0.05, 0) is 37.3 Å². The highest BCUT2D eigenvalue weighted by Gasteiger charge is 2.21. The second-order valence-electron chi connectivity index (χ2n) is 5.72. The third-order valence-electron chi connectivity index (χ3n) is 3.73. The molecule has 3 aromatic rings. The second kappa shape index (κ2) is 8.13. The molecule has 0 fully saturated rings. The molecule has 0 aliphatic carbocycles. The number of nitrogens with zero attached hydrogens (tertiary/aromatic N) is 1. The van der Waals surface area contributed by atoms with Crippen LogP contribution in [0.4, 0.5) is 13.9 Å². The predicted octanol–water partition coefficient (Wildman–Crippen LogP) is 3.98. The number of aromatic hydroxyl groups is 1. The molecule has 0 saturated heterocycles. The summed E-state index contributed by atoms with van der Waals surface area (Å²) in [4.78, 5) is 28.4. The maximum absolute atomic E-state index is 13.3. The summed E-state index contributed by atoms with van der Waals surface area (Å²) in [5.41, 5.74) is 0.657. The number of halogens is 2. The number of esters is 1. The largest absolute Gasteiger partial charge is 0.507 e. The first-order valence-electron chi connectivity index (χ1n) is 8.06. The van der Waals surface area contributed by atoms with Gasteiger partial charge in [-0.2, -0.15) is 0 Å². The zero-order valence-corrected chi connectivity index (χ0v) is 15.3. The number of benzene rings is 2. The molecule has 0 spiro atoms. The zero-order chi connectivity index (χ0) is 20.3. The number of hydrogen-bond acceptors (Lipinski definition) is 6. The Morgan fingerprint density at radius 1 is 1.18 bits per heavy atom. The lowest BCUT2D eigenvalue weighted by Crippen LogP contribution is -2.30. The lowest BCUT2D eigenvalue weighted by atomic mass is 10.2. The van der Waals surface area contributed by atoms with Gasteiger partial charge in [0.2, 0.25) is 0 Å². The number of para-hydroxylation sites is 1. The van der Waals surface area contributed by atoms with Gasteiger partial charge in [-0.25, -0.2) is 18.6 Å². The zero-order valence-electron chi connectivity index (χ0n) is 14.5. The maximum Gasteiger partial charge on any atom is 0.342 e. The van der Waals surface area contributed by atoms with Crippen molar-refractivity contribution in [2.75, 3.05) is 5.32 Å². The molecule has 0 bridgehead atoms. The van der Waals surface area contributed by atoms with Crippen molar-refractivity contribution >= 4 is 28.3 Å². The van der Waals surface area contributed by atoms with Gasteiger partial charge < -0.3 is 9.84 Å². The van der Waals surface area contributed by atoms with Crippen molar-refractivity contribution in [3.63, 3.8) is 0 Å². The molecular weight excluding hydrogens is 390 g/mol. The van der Waals surface area contributed by atoms with E-state index in [-0.39, 0.29) is 16.4 Å². The fourth-order valence-electron chi connectivity index (χ4n) is 2.25. The molecule has 144 valence electrons. The Hall–Kier alpha value is -3.33. The standard InChI is InChI=1S/C19H14F2N2O4S/c1-10(27-18(26)12-4-2-3-5-16(12)24)17(25)23-19-22-15(9-28-19)11-6-7-13(20)14(21)8-11/h2-10,24H,1H3,(H,22,23,25)/t10-/m1/s1. The Bertz CT molecular complexity index is 1040. The van der Waals surface area contributed by atoms with Crippen molar-refractivity contribution < 1.29 is 28.2 Å². The number of hydrogen-bond donors (Lipinski definition) is 2. The molecule has 0 radical (unpaired) electrons. The van der Waals surface area contributed by atoms with Crippen molar-refractivity contribution in [2.45, 2.75) is 13.0 Å². The minimum Gasteiger partial charge on any atom is -0.507 e. The third-order valence-corrected chi connectivity index (χ3v) is 4.48. The van der Waals surface area contributed by atoms with Crippen molar-refractivity contribution in [1.29, 1.82) is 0 Å². The van der Waals surface area contributed by atoms with Crippen LogP contribution in [0.5, 0.6) is 5.75 Å². The van der Waals surface area contributed by atoms with Crippen LogP contribution in [-0.4, -0.2) is 28.1 Å². The quantitative estimate of drug-likeness (QED) is 0.628. The normalized spacial score (nSPS) is 11.7. The molecule has 1 aromatic heterocycles. The summed E-state index contributed by atoms with van der Waals surface area (Å²) in [6.07, 6.45) is -1.15. The molecule has 1 amide bonds. The first-order chi connectivity index (χ1) is 13.3. The number of amides is 1. The van der Waals surface area contributed by atoms with Gasteiger partial charge in [0.1, 0.15) is 11.3 Å². The number of carbonyl (C=O) groups excluding carboxylic acids is 2. The summed E-state index contributed by atoms with van der Waals surface area (Å²) in [6, 6.07) is 9.17. The van der Waals surface area contributed by atoms with Gasteiger partial charge in [-0.15, -0.1) is 11.3 Å². The van der Waals surface area contributed by atoms with Gasteiger partial charge >= 0.3 is 5.97 Å². The van der Waals surface area contributed by atoms with E-state index in [1.54, 1.807) is 17.5 Å². The second-order valence-corrected chi connectivity index (χ2v) is 6.58. The van der Waals surface area contributed by atoms with Crippen LogP contribution in [0.3, 0.4) is 0 Å². The molecular formula is C19H14F2N2O4S. The van der Waals surface area contributed by atoms with E-state index >= 15 is 0 Å². The number of anilines is 1. The van der Waals surface area contributed by atoms with Crippen LogP contribution in [0.1, 0.15) is 17.3 Å². The smallest absolute Gasteiger partial charge is 0.342 e. The first kappa shape index (κ1) is 19.4. The highest BCUT2D eigenvalue weighted by Crippen LogP contribution is 2.26. The van der Waals surface area contributed by atoms with E-state index < -0.39 is 29.6 Å². The van der Waals surface area contributed by atoms with Crippen molar-refractivity contribution in [1.82, 2.24) is 4.98 Å². The number of phenolic OH excluding ortho intramolecular Hbond substituents is 1. The maximum atomic E-state index is 13.3. The molecule has 2 N–H and O–H groups in total. The van der Waals surface area contributed by atoms with Crippen LogP contribution in [0.25, 0.3) is 11.3 Å². The van der Waals surface area contributed by atoms with Gasteiger partial charge in [0.05, 0.1) is 5.69 Å². The topological polar surface area (TPSA) is 88.5 Å². The van der Waals surface area contributed by atoms with E-state index in [4.69, 9.17) is 4.74 Å². The summed E-state index contributed by atoms with van der Waals surface area (Å²) >= 11 is 1.08. The summed E-state index contributed by atoms with van der Waals surface area (Å²) < 4.78 is 31.4. The number of carbonyl (C=O) groups is 2. The van der Waals surface area contributed by atoms with Crippen LogP contribution in [0.15, 0.2) is 47.8 Å². The van der Waals surface area contributed by atoms with Crippen LogP contribution >= 0.6 is 11.3 Å². The number of phenols is 1. The van der Waals surface area contributed by atoms with E-state index in [1.807, 2.05) is 0 Å². The molecule has 2 aromatic carbocycles. The average Bonchev–Trinajstić information content (AvgIpc) is 3.12. The molecule has 0 unspecified atom stereocenters. The van der Waals surface area contributed by atoms with E-state index in [9.17, 15) is 23.5 Å². The number of thiazole rings is 1. The molecule has 28 heavy (non-hydrogen) atoms. The van der Waals surface area contributed by atoms with Gasteiger partial charge in [-0.1, -0.05) is 12.1 Å². The predicted molar refractivity (Wildman–Crippen MR) is 99.1 cm³/mol. The average molecular weight is 404 g/mol. The molecule has 0 aliphatic rings. The highest BCUT2D eigenvalue weighted by atomic mass is 32.1. The van der Waals surface area contributed by atoms with Crippen LogP contribution in [-0.2, 0) is 9.53 Å². The summed E-state index contributed by atoms with van der Waals surface area (Å²) in [7, 11) is 0. The number of rotatable bonds is 5. The van der Waals surface area contributed by atoms with Crippen LogP contribution < -0.4 is 5.32 Å². The Balaban J connectivity index is 1.64. The number of nitrogens with one attached hydrogen (secondary N) is 1. The minimum atomic E-state index is -1.15. The van der Waals surface area contributed by atoms with Gasteiger partial charge in [0.15, 0.2) is 22.9 Å². The van der Waals surface area contributed by atoms with Gasteiger partial charge in [-0.3, -0.25) is 10.1 Å². The molecule has 0 saturated carbocycles. The molecule has 1 atom stereocenters. The van der Waals surface area contributed by atoms with Crippen molar-refractivity contribution in [2.24, 2.45) is 0 Å². The van der Waals surface area contributed by atoms with Crippen molar-refractivity contribution in [3.05, 3.63) is 65.0 Å². The van der Waals surface area contributed by atoms with Gasteiger partial charge in [0, 0.05) is 10.9 Å². The molecule has 6 nitrogen and oxygen atoms in total. The monoisotopic (exact) mass is 404 g/mol. The summed E-state index contributed by atoms with van der Waals surface area (Å²) in [5, 5.41) is 13.9. The summed E-state index contributed by atoms with van der Waals surface area (Å²) in [5.74, 6) is -3.69. The lowest BCUT2D eigenvalue weighted by Gasteiger charge is -2.12. The fourth-order valence-corrected chi connectivity index (χ4v) is 2.97. The molecule has 1 heterocycles. The first-order valence-corrected chi connectivity index (χ1v) is 8.94. The van der Waals surface area contributed by atoms with Crippen LogP contribution in [0, 0.1) is 11.6 Å². The van der Waals surface area contributed by atoms with E-state index in [1.165, 1.54) is 25.1 Å². The number of ether oxygens (including phenoxy) is 1. The Kier molecular flexibility index (Phi) is 5.65. The Morgan fingerprint density at radius 3 is 2.64 bits per heavy atom. The lowest BCUT2D eigenvalue weighted by molar-refractivity contribution is -0.123. The Morgan fingerprint density at radius 2 is 1.93 bits per heavy atom. The van der Waals surface area contributed by atoms with Gasteiger partial charge in [0.25, 0.3) is 5.91 Å². The minimum absolute atomic E-state index is 0.0583.